The fourth-order valence-corrected chi connectivity index (χ4v) is 8.14. The molecule has 0 bridgehead atoms. The smallest absolute Gasteiger partial charge is 0.0465 e. The van der Waals surface area contributed by atoms with Gasteiger partial charge >= 0.3 is 0 Å². The van der Waals surface area contributed by atoms with Crippen LogP contribution < -0.4 is 9.80 Å². The van der Waals surface area contributed by atoms with E-state index in [2.05, 4.69) is 164 Å². The predicted molar refractivity (Wildman–Crippen MR) is 189 cm³/mol. The second-order valence-corrected chi connectivity index (χ2v) is 13.5. The van der Waals surface area contributed by atoms with Crippen molar-refractivity contribution >= 4 is 28.4 Å². The van der Waals surface area contributed by atoms with E-state index >= 15 is 0 Å². The second-order valence-electron chi connectivity index (χ2n) is 13.5. The molecule has 0 spiro atoms. The molecule has 0 radical (unpaired) electrons. The van der Waals surface area contributed by atoms with Crippen LogP contribution in [-0.2, 0) is 18.3 Å². The first-order valence-electron chi connectivity index (χ1n) is 16.2. The molecule has 1 aliphatic carbocycles. The maximum absolute atomic E-state index is 2.57. The Morgan fingerprint density at radius 3 is 1.98 bits per heavy atom. The van der Waals surface area contributed by atoms with Crippen molar-refractivity contribution in [3.63, 3.8) is 0 Å². The maximum atomic E-state index is 2.57. The molecule has 1 atom stereocenters. The Bertz CT molecular complexity index is 2100. The number of nitrogens with zero attached hydrogens (tertiary/aromatic N) is 2. The van der Waals surface area contributed by atoms with E-state index in [-0.39, 0.29) is 5.41 Å². The Kier molecular flexibility index (Phi) is 5.68. The molecule has 0 N–H and O–H groups in total. The molecule has 3 aliphatic rings. The molecular weight excluding hydrogens is 544 g/mol. The highest BCUT2D eigenvalue weighted by atomic mass is 15.2. The summed E-state index contributed by atoms with van der Waals surface area (Å²) in [7, 11) is 0. The fourth-order valence-electron chi connectivity index (χ4n) is 8.14. The zero-order valence-corrected chi connectivity index (χ0v) is 26.1. The maximum Gasteiger partial charge on any atom is 0.0465 e. The van der Waals surface area contributed by atoms with E-state index in [0.29, 0.717) is 6.04 Å². The van der Waals surface area contributed by atoms with Crippen LogP contribution in [0.1, 0.15) is 41.7 Å². The van der Waals surface area contributed by atoms with Gasteiger partial charge in [0.25, 0.3) is 0 Å². The number of hydrogen-bond acceptors (Lipinski definition) is 2. The minimum Gasteiger partial charge on any atom is -0.337 e. The van der Waals surface area contributed by atoms with Crippen molar-refractivity contribution in [1.82, 2.24) is 0 Å². The molecule has 0 fully saturated rings. The van der Waals surface area contributed by atoms with Crippen LogP contribution in [0.5, 0.6) is 0 Å². The number of hydrogen-bond donors (Lipinski definition) is 0. The Morgan fingerprint density at radius 2 is 1.16 bits per heavy atom. The summed E-state index contributed by atoms with van der Waals surface area (Å²) in [6.07, 6.45) is 2.19. The van der Waals surface area contributed by atoms with Gasteiger partial charge in [-0.3, -0.25) is 0 Å². The largest absolute Gasteiger partial charge is 0.337 e. The summed E-state index contributed by atoms with van der Waals surface area (Å²) in [5.74, 6) is 0. The summed E-state index contributed by atoms with van der Waals surface area (Å²) in [6.45, 7) is 6.87. The molecule has 2 heterocycles. The van der Waals surface area contributed by atoms with Crippen molar-refractivity contribution in [3.8, 4) is 22.3 Å². The van der Waals surface area contributed by atoms with Gasteiger partial charge in [-0.15, -0.1) is 0 Å². The summed E-state index contributed by atoms with van der Waals surface area (Å²) in [4.78, 5) is 5.03. The molecule has 6 aromatic rings. The third-order valence-electron chi connectivity index (χ3n) is 10.4. The van der Waals surface area contributed by atoms with Gasteiger partial charge in [-0.05, 0) is 113 Å². The van der Waals surface area contributed by atoms with Gasteiger partial charge in [0.1, 0.15) is 0 Å². The zero-order valence-electron chi connectivity index (χ0n) is 26.1. The van der Waals surface area contributed by atoms with Crippen LogP contribution in [0.4, 0.5) is 28.4 Å². The molecule has 0 amide bonds. The second kappa shape index (κ2) is 9.71. The number of rotatable bonds is 4. The summed E-state index contributed by atoms with van der Waals surface area (Å²) in [6, 6.07) is 50.4. The molecule has 0 aromatic heterocycles. The molecule has 9 rings (SSSR count). The first-order chi connectivity index (χ1) is 22.0. The average molecular weight is 581 g/mol. The standard InChI is InChI=1S/C43H36N2/c1-28-12-14-29(15-13-28)30-16-18-33(19-17-30)44(35-20-22-38-37-9-5-6-10-39(37)43(2,3)40(38)27-35)34-21-23-42-32(25-34)26-36-24-31-8-4-7-11-41(31)45(36)42/h4-23,25,27,36H,24,26H2,1-3H3. The van der Waals surface area contributed by atoms with E-state index in [0.717, 1.165) is 12.8 Å². The van der Waals surface area contributed by atoms with E-state index in [1.165, 1.54) is 78.5 Å². The van der Waals surface area contributed by atoms with Crippen molar-refractivity contribution in [2.45, 2.75) is 45.1 Å². The Balaban J connectivity index is 1.16. The average Bonchev–Trinajstić information content (AvgIpc) is 3.68. The van der Waals surface area contributed by atoms with Crippen LogP contribution in [0.15, 0.2) is 133 Å². The zero-order chi connectivity index (χ0) is 30.3. The molecule has 0 saturated carbocycles. The first kappa shape index (κ1) is 26.3. The van der Waals surface area contributed by atoms with Crippen molar-refractivity contribution in [1.29, 1.82) is 0 Å². The molecule has 218 valence electrons. The molecule has 1 unspecified atom stereocenters. The predicted octanol–water partition coefficient (Wildman–Crippen LogP) is 11.1. The lowest BCUT2D eigenvalue weighted by molar-refractivity contribution is 0.660. The van der Waals surface area contributed by atoms with Crippen LogP contribution in [0.25, 0.3) is 22.3 Å². The third-order valence-corrected chi connectivity index (χ3v) is 10.4. The monoisotopic (exact) mass is 580 g/mol. The Hall–Kier alpha value is -5.08. The van der Waals surface area contributed by atoms with Gasteiger partial charge in [-0.2, -0.15) is 0 Å². The SMILES string of the molecule is Cc1ccc(-c2ccc(N(c3ccc4c(c3)CC3Cc5ccccc5N43)c3ccc4c(c3)C(C)(C)c3ccccc3-4)cc2)cc1. The van der Waals surface area contributed by atoms with E-state index in [1.807, 2.05) is 0 Å². The van der Waals surface area contributed by atoms with E-state index in [9.17, 15) is 0 Å². The van der Waals surface area contributed by atoms with Crippen molar-refractivity contribution in [2.24, 2.45) is 0 Å². The van der Waals surface area contributed by atoms with Gasteiger partial charge in [0.2, 0.25) is 0 Å². The number of benzene rings is 6. The van der Waals surface area contributed by atoms with Gasteiger partial charge in [0.15, 0.2) is 0 Å². The third kappa shape index (κ3) is 4.02. The minimum atomic E-state index is -0.0566. The van der Waals surface area contributed by atoms with Gasteiger partial charge in [-0.25, -0.2) is 0 Å². The fraction of sp³-hybridized carbons (Fsp3) is 0.163. The van der Waals surface area contributed by atoms with Gasteiger partial charge in [0.05, 0.1) is 0 Å². The molecule has 6 aromatic carbocycles. The molecule has 45 heavy (non-hydrogen) atoms. The van der Waals surface area contributed by atoms with Crippen molar-refractivity contribution < 1.29 is 0 Å². The quantitative estimate of drug-likeness (QED) is 0.205. The highest BCUT2D eigenvalue weighted by Crippen LogP contribution is 2.52. The summed E-state index contributed by atoms with van der Waals surface area (Å²) in [5.41, 5.74) is 18.4. The van der Waals surface area contributed by atoms with Crippen molar-refractivity contribution in [3.05, 3.63) is 161 Å². The van der Waals surface area contributed by atoms with Crippen LogP contribution in [0.3, 0.4) is 0 Å². The van der Waals surface area contributed by atoms with E-state index in [1.54, 1.807) is 0 Å². The lowest BCUT2D eigenvalue weighted by atomic mass is 9.82. The Morgan fingerprint density at radius 1 is 0.556 bits per heavy atom. The van der Waals surface area contributed by atoms with Crippen LogP contribution in [0, 0.1) is 6.92 Å². The first-order valence-corrected chi connectivity index (χ1v) is 16.2. The molecule has 2 aliphatic heterocycles. The van der Waals surface area contributed by atoms with Crippen LogP contribution >= 0.6 is 0 Å². The van der Waals surface area contributed by atoms with Crippen LogP contribution in [-0.4, -0.2) is 6.04 Å². The highest BCUT2D eigenvalue weighted by Gasteiger charge is 2.38. The number of aryl methyl sites for hydroxylation is 1. The van der Waals surface area contributed by atoms with Crippen molar-refractivity contribution in [2.75, 3.05) is 9.80 Å². The molecule has 2 heteroatoms. The molecular formula is C43H36N2. The topological polar surface area (TPSA) is 6.48 Å². The summed E-state index contributed by atoms with van der Waals surface area (Å²) >= 11 is 0. The van der Waals surface area contributed by atoms with E-state index in [4.69, 9.17) is 0 Å². The van der Waals surface area contributed by atoms with Gasteiger partial charge in [-0.1, -0.05) is 104 Å². The van der Waals surface area contributed by atoms with Crippen LogP contribution in [0.2, 0.25) is 0 Å². The highest BCUT2D eigenvalue weighted by molar-refractivity contribution is 5.87. The minimum absolute atomic E-state index is 0.0566. The number of fused-ring (bicyclic) bond motifs is 8. The molecule has 2 nitrogen and oxygen atoms in total. The number of anilines is 5. The number of para-hydroxylation sites is 1. The normalized spacial score (nSPS) is 16.5. The van der Waals surface area contributed by atoms with E-state index < -0.39 is 0 Å². The van der Waals surface area contributed by atoms with Gasteiger partial charge in [0, 0.05) is 39.9 Å². The van der Waals surface area contributed by atoms with Gasteiger partial charge < -0.3 is 9.80 Å². The molecule has 0 saturated heterocycles. The summed E-state index contributed by atoms with van der Waals surface area (Å²) in [5, 5.41) is 0. The Labute approximate surface area is 266 Å². The lowest BCUT2D eigenvalue weighted by Crippen LogP contribution is -2.22. The summed E-state index contributed by atoms with van der Waals surface area (Å²) < 4.78 is 0. The lowest BCUT2D eigenvalue weighted by Gasteiger charge is -2.29.